The first-order valence-corrected chi connectivity index (χ1v) is 6.30. The Labute approximate surface area is 101 Å². The third kappa shape index (κ3) is 2.34. The molecule has 1 fully saturated rings. The van der Waals surface area contributed by atoms with Gasteiger partial charge in [-0.2, -0.15) is 0 Å². The molecule has 5 heteroatoms. The Morgan fingerprint density at radius 3 is 2.82 bits per heavy atom. The monoisotopic (exact) mass is 236 g/mol. The molecule has 0 saturated carbocycles. The molecule has 17 heavy (non-hydrogen) atoms. The van der Waals surface area contributed by atoms with Crippen molar-refractivity contribution in [3.05, 3.63) is 22.7 Å². The van der Waals surface area contributed by atoms with Crippen LogP contribution in [0, 0.1) is 0 Å². The Morgan fingerprint density at radius 2 is 2.29 bits per heavy atom. The molecule has 2 rings (SSSR count). The first-order valence-electron chi connectivity index (χ1n) is 6.30. The Kier molecular flexibility index (Phi) is 3.78. The van der Waals surface area contributed by atoms with Gasteiger partial charge in [-0.1, -0.05) is 6.92 Å². The summed E-state index contributed by atoms with van der Waals surface area (Å²) in [6, 6.07) is 0.415. The molecule has 0 radical (unpaired) electrons. The number of anilines is 1. The zero-order valence-electron chi connectivity index (χ0n) is 10.5. The van der Waals surface area contributed by atoms with Gasteiger partial charge in [0.1, 0.15) is 0 Å². The molecule has 5 nitrogen and oxygen atoms in total. The van der Waals surface area contributed by atoms with Crippen molar-refractivity contribution >= 4 is 5.82 Å². The summed E-state index contributed by atoms with van der Waals surface area (Å²) in [5.74, 6) is 0.593. The molecule has 1 saturated heterocycles. The molecule has 0 bridgehead atoms. The maximum Gasteiger partial charge on any atom is 0.293 e. The molecule has 1 aliphatic rings. The summed E-state index contributed by atoms with van der Waals surface area (Å²) in [6.45, 7) is 7.60. The van der Waals surface area contributed by atoms with Gasteiger partial charge in [-0.05, 0) is 13.3 Å². The Hall–Kier alpha value is -1.36. The van der Waals surface area contributed by atoms with E-state index in [0.717, 1.165) is 32.6 Å². The highest BCUT2D eigenvalue weighted by atomic mass is 16.1. The van der Waals surface area contributed by atoms with Crippen LogP contribution < -0.4 is 15.8 Å². The summed E-state index contributed by atoms with van der Waals surface area (Å²) in [4.78, 5) is 18.6. The lowest BCUT2D eigenvalue weighted by Gasteiger charge is -2.38. The fourth-order valence-corrected chi connectivity index (χ4v) is 2.12. The van der Waals surface area contributed by atoms with Gasteiger partial charge in [0.25, 0.3) is 5.56 Å². The molecular formula is C12H20N4O. The predicted octanol–water partition coefficient (Wildman–Crippen LogP) is 0.451. The van der Waals surface area contributed by atoms with Crippen molar-refractivity contribution in [1.82, 2.24) is 14.9 Å². The fourth-order valence-electron chi connectivity index (χ4n) is 2.12. The molecule has 0 amide bonds. The van der Waals surface area contributed by atoms with E-state index in [1.54, 1.807) is 17.0 Å². The van der Waals surface area contributed by atoms with E-state index >= 15 is 0 Å². The van der Waals surface area contributed by atoms with E-state index in [-0.39, 0.29) is 5.56 Å². The number of nitrogens with one attached hydrogen (secondary N) is 1. The number of aryl methyl sites for hydroxylation is 1. The van der Waals surface area contributed by atoms with Gasteiger partial charge < -0.3 is 14.8 Å². The predicted molar refractivity (Wildman–Crippen MR) is 68.5 cm³/mol. The molecular weight excluding hydrogens is 216 g/mol. The van der Waals surface area contributed by atoms with Crippen molar-refractivity contribution in [1.29, 1.82) is 0 Å². The molecule has 0 aromatic carbocycles. The summed E-state index contributed by atoms with van der Waals surface area (Å²) < 4.78 is 1.75. The minimum Gasteiger partial charge on any atom is -0.347 e. The van der Waals surface area contributed by atoms with Gasteiger partial charge in [0.05, 0.1) is 6.04 Å². The first kappa shape index (κ1) is 12.1. The molecule has 1 aromatic rings. The third-order valence-corrected chi connectivity index (χ3v) is 3.17. The molecule has 0 unspecified atom stereocenters. The van der Waals surface area contributed by atoms with E-state index in [4.69, 9.17) is 0 Å². The SMILES string of the molecule is CCCn1ccnc(N(CC)C2CNC2)c1=O. The van der Waals surface area contributed by atoms with Crippen molar-refractivity contribution in [3.63, 3.8) is 0 Å². The third-order valence-electron chi connectivity index (χ3n) is 3.17. The molecule has 0 aliphatic carbocycles. The summed E-state index contributed by atoms with van der Waals surface area (Å²) in [6.07, 6.45) is 4.45. The number of nitrogens with zero attached hydrogens (tertiary/aromatic N) is 3. The van der Waals surface area contributed by atoms with Crippen molar-refractivity contribution in [2.75, 3.05) is 24.5 Å². The van der Waals surface area contributed by atoms with Crippen molar-refractivity contribution in [3.8, 4) is 0 Å². The topological polar surface area (TPSA) is 50.2 Å². The van der Waals surface area contributed by atoms with Crippen LogP contribution in [0.3, 0.4) is 0 Å². The van der Waals surface area contributed by atoms with E-state index in [9.17, 15) is 4.79 Å². The lowest BCUT2D eigenvalue weighted by Crippen LogP contribution is -2.58. The van der Waals surface area contributed by atoms with E-state index < -0.39 is 0 Å². The van der Waals surface area contributed by atoms with Crippen LogP contribution in [0.1, 0.15) is 20.3 Å². The van der Waals surface area contributed by atoms with Crippen molar-refractivity contribution < 1.29 is 0 Å². The quantitative estimate of drug-likeness (QED) is 0.806. The van der Waals surface area contributed by atoms with Gasteiger partial charge >= 0.3 is 0 Å². The van der Waals surface area contributed by atoms with Crippen LogP contribution in [0.5, 0.6) is 0 Å². The zero-order chi connectivity index (χ0) is 12.3. The van der Waals surface area contributed by atoms with Gasteiger partial charge in [0.2, 0.25) is 0 Å². The van der Waals surface area contributed by atoms with E-state index in [2.05, 4.69) is 29.0 Å². The van der Waals surface area contributed by atoms with Gasteiger partial charge in [-0.3, -0.25) is 4.79 Å². The van der Waals surface area contributed by atoms with Gasteiger partial charge in [0.15, 0.2) is 5.82 Å². The minimum atomic E-state index is 0.0306. The molecule has 1 aliphatic heterocycles. The second-order valence-electron chi connectivity index (χ2n) is 4.35. The smallest absolute Gasteiger partial charge is 0.293 e. The number of rotatable bonds is 5. The van der Waals surface area contributed by atoms with Gasteiger partial charge in [-0.25, -0.2) is 4.98 Å². The average molecular weight is 236 g/mol. The summed E-state index contributed by atoms with van der Waals surface area (Å²) in [7, 11) is 0. The zero-order valence-corrected chi connectivity index (χ0v) is 10.5. The van der Waals surface area contributed by atoms with E-state index in [0.29, 0.717) is 11.9 Å². The largest absolute Gasteiger partial charge is 0.347 e. The minimum absolute atomic E-state index is 0.0306. The van der Waals surface area contributed by atoms with Crippen LogP contribution in [0.2, 0.25) is 0 Å². The van der Waals surface area contributed by atoms with Crippen LogP contribution in [0.15, 0.2) is 17.2 Å². The second kappa shape index (κ2) is 5.31. The maximum absolute atomic E-state index is 12.2. The van der Waals surface area contributed by atoms with Crippen LogP contribution in [0.4, 0.5) is 5.82 Å². The molecule has 0 spiro atoms. The fraction of sp³-hybridized carbons (Fsp3) is 0.667. The molecule has 1 N–H and O–H groups in total. The summed E-state index contributed by atoms with van der Waals surface area (Å²) >= 11 is 0. The first-order chi connectivity index (χ1) is 8.27. The van der Waals surface area contributed by atoms with Crippen LogP contribution in [0.25, 0.3) is 0 Å². The van der Waals surface area contributed by atoms with Gasteiger partial charge in [-0.15, -0.1) is 0 Å². The Balaban J connectivity index is 2.29. The highest BCUT2D eigenvalue weighted by molar-refractivity contribution is 5.38. The highest BCUT2D eigenvalue weighted by Gasteiger charge is 2.26. The lowest BCUT2D eigenvalue weighted by atomic mass is 10.1. The van der Waals surface area contributed by atoms with Gasteiger partial charge in [0, 0.05) is 38.6 Å². The molecule has 2 heterocycles. The number of aromatic nitrogens is 2. The van der Waals surface area contributed by atoms with E-state index in [1.807, 2.05) is 0 Å². The van der Waals surface area contributed by atoms with Crippen LogP contribution in [-0.4, -0.2) is 35.2 Å². The average Bonchev–Trinajstić information content (AvgIpc) is 2.27. The van der Waals surface area contributed by atoms with Crippen LogP contribution in [-0.2, 0) is 6.54 Å². The molecule has 1 aromatic heterocycles. The van der Waals surface area contributed by atoms with Crippen LogP contribution >= 0.6 is 0 Å². The highest BCUT2D eigenvalue weighted by Crippen LogP contribution is 2.11. The Bertz CT molecular complexity index is 425. The summed E-state index contributed by atoms with van der Waals surface area (Å²) in [5.41, 5.74) is 0.0306. The number of hydrogen-bond donors (Lipinski definition) is 1. The van der Waals surface area contributed by atoms with Crippen molar-refractivity contribution in [2.45, 2.75) is 32.9 Å². The lowest BCUT2D eigenvalue weighted by molar-refractivity contribution is 0.413. The molecule has 0 atom stereocenters. The van der Waals surface area contributed by atoms with Crippen molar-refractivity contribution in [2.24, 2.45) is 0 Å². The standard InChI is InChI=1S/C12H20N4O/c1-3-6-15-7-5-14-11(12(15)17)16(4-2)10-8-13-9-10/h5,7,10,13H,3-4,6,8-9H2,1-2H3. The van der Waals surface area contributed by atoms with E-state index in [1.165, 1.54) is 0 Å². The summed E-state index contributed by atoms with van der Waals surface area (Å²) in [5, 5.41) is 3.23. The second-order valence-corrected chi connectivity index (χ2v) is 4.35. The number of likely N-dealkylation sites (N-methyl/N-ethyl adjacent to an activating group) is 1. The normalized spacial score (nSPS) is 15.6. The maximum atomic E-state index is 12.2. The Morgan fingerprint density at radius 1 is 1.53 bits per heavy atom. The number of hydrogen-bond acceptors (Lipinski definition) is 4. The molecule has 94 valence electrons.